The minimum atomic E-state index is -0.752. The summed E-state index contributed by atoms with van der Waals surface area (Å²) in [6.45, 7) is 3.44. The molecule has 2 N–H and O–H groups in total. The van der Waals surface area contributed by atoms with E-state index in [1.54, 1.807) is 36.4 Å². The van der Waals surface area contributed by atoms with Crippen molar-refractivity contribution in [2.75, 3.05) is 19.0 Å². The lowest BCUT2D eigenvalue weighted by atomic mass is 9.99. The first-order chi connectivity index (χ1) is 14.0. The van der Waals surface area contributed by atoms with Crippen molar-refractivity contribution in [2.45, 2.75) is 26.3 Å². The molecule has 0 bridgehead atoms. The fraction of sp³-hybridized carbons (Fsp3) is 0.318. The van der Waals surface area contributed by atoms with Crippen molar-refractivity contribution in [3.63, 3.8) is 0 Å². The van der Waals surface area contributed by atoms with Crippen molar-refractivity contribution in [1.82, 2.24) is 5.32 Å². The van der Waals surface area contributed by atoms with Crippen LogP contribution >= 0.6 is 0 Å². The molecule has 154 valence electrons. The molecule has 0 aliphatic carbocycles. The largest absolute Gasteiger partial charge is 0.483 e. The van der Waals surface area contributed by atoms with Gasteiger partial charge in [-0.05, 0) is 30.2 Å². The van der Waals surface area contributed by atoms with E-state index in [-0.39, 0.29) is 24.2 Å². The third kappa shape index (κ3) is 6.34. The van der Waals surface area contributed by atoms with E-state index in [2.05, 4.69) is 10.6 Å². The monoisotopic (exact) mass is 398 g/mol. The lowest BCUT2D eigenvalue weighted by Crippen LogP contribution is -2.47. The lowest BCUT2D eigenvalue weighted by molar-refractivity contribution is -0.146. The van der Waals surface area contributed by atoms with Crippen LogP contribution in [-0.4, -0.2) is 37.5 Å². The number of rotatable bonds is 9. The summed E-state index contributed by atoms with van der Waals surface area (Å²) in [5.74, 6) is -1.14. The van der Waals surface area contributed by atoms with Gasteiger partial charge in [-0.1, -0.05) is 50.6 Å². The van der Waals surface area contributed by atoms with E-state index in [1.807, 2.05) is 32.0 Å². The summed E-state index contributed by atoms with van der Waals surface area (Å²) in [5, 5.41) is 5.42. The van der Waals surface area contributed by atoms with E-state index in [0.29, 0.717) is 17.7 Å². The highest BCUT2D eigenvalue weighted by atomic mass is 16.5. The van der Waals surface area contributed by atoms with Gasteiger partial charge in [-0.25, -0.2) is 4.79 Å². The molecule has 0 saturated carbocycles. The van der Waals surface area contributed by atoms with E-state index in [1.165, 1.54) is 7.11 Å². The lowest BCUT2D eigenvalue weighted by Gasteiger charge is -2.22. The first kappa shape index (κ1) is 21.9. The predicted molar refractivity (Wildman–Crippen MR) is 110 cm³/mol. The Kier molecular flexibility index (Phi) is 8.21. The molecule has 0 aliphatic rings. The second-order valence-corrected chi connectivity index (χ2v) is 6.56. The van der Waals surface area contributed by atoms with E-state index in [9.17, 15) is 14.4 Å². The Bertz CT molecular complexity index is 838. The Labute approximate surface area is 170 Å². The number of methoxy groups -OCH3 is 1. The summed E-state index contributed by atoms with van der Waals surface area (Å²) in [6, 6.07) is 14.9. The number of ether oxygens (including phenoxy) is 2. The van der Waals surface area contributed by atoms with Crippen molar-refractivity contribution in [2.24, 2.45) is 5.92 Å². The third-order valence-corrected chi connectivity index (χ3v) is 4.51. The standard InChI is InChI=1S/C22H26N2O5/c1-4-15(2)20(22(27)28-3)24-19(25)14-29-18-13-9-8-12-17(18)21(26)23-16-10-6-5-7-11-16/h5-13,15,20H,4,14H2,1-3H3,(H,23,26)(H,24,25)/t15-,20-/m1/s1. The Balaban J connectivity index is 2.02. The Hall–Kier alpha value is -3.35. The van der Waals surface area contributed by atoms with Crippen molar-refractivity contribution in [1.29, 1.82) is 0 Å². The van der Waals surface area contributed by atoms with Crippen LogP contribution in [0.4, 0.5) is 5.69 Å². The number of para-hydroxylation sites is 2. The van der Waals surface area contributed by atoms with E-state index in [0.717, 1.165) is 0 Å². The molecule has 2 amide bonds. The molecule has 0 heterocycles. The number of hydrogen-bond donors (Lipinski definition) is 2. The normalized spacial score (nSPS) is 12.4. The summed E-state index contributed by atoms with van der Waals surface area (Å²) in [4.78, 5) is 36.8. The van der Waals surface area contributed by atoms with Crippen molar-refractivity contribution in [3.8, 4) is 5.75 Å². The average Bonchev–Trinajstić information content (AvgIpc) is 2.75. The van der Waals surface area contributed by atoms with Gasteiger partial charge in [0.15, 0.2) is 6.61 Å². The summed E-state index contributed by atoms with van der Waals surface area (Å²) in [6.07, 6.45) is 0.698. The van der Waals surface area contributed by atoms with Gasteiger partial charge in [0.05, 0.1) is 12.7 Å². The molecule has 7 heteroatoms. The number of amides is 2. The maximum Gasteiger partial charge on any atom is 0.328 e. The van der Waals surface area contributed by atoms with E-state index >= 15 is 0 Å². The first-order valence-corrected chi connectivity index (χ1v) is 9.41. The van der Waals surface area contributed by atoms with Crippen molar-refractivity contribution < 1.29 is 23.9 Å². The SMILES string of the molecule is CC[C@@H](C)[C@@H](NC(=O)COc1ccccc1C(=O)Nc1ccccc1)C(=O)OC. The maximum atomic E-state index is 12.6. The summed E-state index contributed by atoms with van der Waals surface area (Å²) in [5.41, 5.74) is 0.954. The first-order valence-electron chi connectivity index (χ1n) is 9.41. The number of carbonyl (C=O) groups excluding carboxylic acids is 3. The quantitative estimate of drug-likeness (QED) is 0.634. The van der Waals surface area contributed by atoms with Crippen LogP contribution in [0, 0.1) is 5.92 Å². The highest BCUT2D eigenvalue weighted by molar-refractivity contribution is 6.06. The molecule has 0 radical (unpaired) electrons. The van der Waals surface area contributed by atoms with E-state index < -0.39 is 17.9 Å². The molecule has 29 heavy (non-hydrogen) atoms. The zero-order chi connectivity index (χ0) is 21.2. The summed E-state index contributed by atoms with van der Waals surface area (Å²) >= 11 is 0. The number of anilines is 1. The summed E-state index contributed by atoms with van der Waals surface area (Å²) < 4.78 is 10.3. The van der Waals surface area contributed by atoms with Gasteiger partial charge in [0.1, 0.15) is 11.8 Å². The minimum Gasteiger partial charge on any atom is -0.483 e. The maximum absolute atomic E-state index is 12.6. The van der Waals surface area contributed by atoms with E-state index in [4.69, 9.17) is 9.47 Å². The zero-order valence-corrected chi connectivity index (χ0v) is 16.8. The van der Waals surface area contributed by atoms with Crippen LogP contribution in [0.1, 0.15) is 30.6 Å². The Morgan fingerprint density at radius 2 is 1.66 bits per heavy atom. The Morgan fingerprint density at radius 1 is 1.00 bits per heavy atom. The number of carbonyl (C=O) groups is 3. The van der Waals surface area contributed by atoms with Crippen molar-refractivity contribution in [3.05, 3.63) is 60.2 Å². The summed E-state index contributed by atoms with van der Waals surface area (Å²) in [7, 11) is 1.28. The van der Waals surface area contributed by atoms with Gasteiger partial charge in [0.2, 0.25) is 0 Å². The molecule has 7 nitrogen and oxygen atoms in total. The van der Waals surface area contributed by atoms with Gasteiger partial charge >= 0.3 is 5.97 Å². The van der Waals surface area contributed by atoms with Gasteiger partial charge < -0.3 is 20.1 Å². The van der Waals surface area contributed by atoms with Gasteiger partial charge in [0.25, 0.3) is 11.8 Å². The molecule has 0 fully saturated rings. The van der Waals surface area contributed by atoms with Crippen LogP contribution in [0.3, 0.4) is 0 Å². The molecule has 0 aromatic heterocycles. The predicted octanol–water partition coefficient (Wildman–Crippen LogP) is 3.02. The highest BCUT2D eigenvalue weighted by Crippen LogP contribution is 2.20. The van der Waals surface area contributed by atoms with Crippen LogP contribution in [0.25, 0.3) is 0 Å². The smallest absolute Gasteiger partial charge is 0.328 e. The molecular formula is C22H26N2O5. The molecule has 0 saturated heterocycles. The molecular weight excluding hydrogens is 372 g/mol. The molecule has 2 atom stereocenters. The number of benzene rings is 2. The third-order valence-electron chi connectivity index (χ3n) is 4.51. The fourth-order valence-electron chi connectivity index (χ4n) is 2.65. The molecule has 2 aromatic rings. The number of nitrogens with one attached hydrogen (secondary N) is 2. The van der Waals surface area contributed by atoms with Crippen molar-refractivity contribution >= 4 is 23.5 Å². The van der Waals surface area contributed by atoms with Crippen LogP contribution in [-0.2, 0) is 14.3 Å². The second-order valence-electron chi connectivity index (χ2n) is 6.56. The molecule has 2 aromatic carbocycles. The van der Waals surface area contributed by atoms with Gasteiger partial charge in [0, 0.05) is 5.69 Å². The highest BCUT2D eigenvalue weighted by Gasteiger charge is 2.26. The van der Waals surface area contributed by atoms with Crippen LogP contribution in [0.2, 0.25) is 0 Å². The van der Waals surface area contributed by atoms with Crippen LogP contribution in [0.5, 0.6) is 5.75 Å². The zero-order valence-electron chi connectivity index (χ0n) is 16.8. The number of hydrogen-bond acceptors (Lipinski definition) is 5. The van der Waals surface area contributed by atoms with Gasteiger partial charge in [-0.3, -0.25) is 9.59 Å². The molecule has 2 rings (SSSR count). The molecule has 0 spiro atoms. The second kappa shape index (κ2) is 10.8. The van der Waals surface area contributed by atoms with Crippen LogP contribution < -0.4 is 15.4 Å². The number of esters is 1. The average molecular weight is 398 g/mol. The fourth-order valence-corrected chi connectivity index (χ4v) is 2.65. The molecule has 0 aliphatic heterocycles. The van der Waals surface area contributed by atoms with Gasteiger partial charge in [-0.2, -0.15) is 0 Å². The minimum absolute atomic E-state index is 0.0877. The van der Waals surface area contributed by atoms with Crippen LogP contribution in [0.15, 0.2) is 54.6 Å². The Morgan fingerprint density at radius 3 is 2.31 bits per heavy atom. The topological polar surface area (TPSA) is 93.7 Å². The molecule has 0 unspecified atom stereocenters. The van der Waals surface area contributed by atoms with Gasteiger partial charge in [-0.15, -0.1) is 0 Å².